The molecule has 1 aromatic carbocycles. The van der Waals surface area contributed by atoms with Crippen LogP contribution in [0.25, 0.3) is 0 Å². The fraction of sp³-hybridized carbons (Fsp3) is 0.300. The van der Waals surface area contributed by atoms with Crippen molar-refractivity contribution >= 4 is 23.3 Å². The van der Waals surface area contributed by atoms with Crippen LogP contribution in [0, 0.1) is 0 Å². The Morgan fingerprint density at radius 2 is 2.38 bits per heavy atom. The molecule has 1 atom stereocenters. The average Bonchev–Trinajstić information content (AvgIpc) is 2.25. The van der Waals surface area contributed by atoms with Crippen molar-refractivity contribution in [2.24, 2.45) is 5.73 Å². The van der Waals surface area contributed by atoms with E-state index in [-0.39, 0.29) is 6.54 Å². The number of aliphatic carboxylic acids is 1. The van der Waals surface area contributed by atoms with E-state index in [4.69, 9.17) is 27.2 Å². The fourth-order valence-electron chi connectivity index (χ4n) is 1.09. The van der Waals surface area contributed by atoms with Crippen molar-refractivity contribution in [3.8, 4) is 5.75 Å². The quantitative estimate of drug-likeness (QED) is 0.724. The maximum atomic E-state index is 10.5. The Morgan fingerprint density at radius 3 is 2.88 bits per heavy atom. The number of rotatable bonds is 5. The summed E-state index contributed by atoms with van der Waals surface area (Å²) in [6, 6.07) is 4.13. The molecule has 0 radical (unpaired) electrons. The molecule has 1 rings (SSSR count). The number of nitrogens with one attached hydrogen (secondary N) is 1. The number of benzene rings is 1. The highest BCUT2D eigenvalue weighted by molar-refractivity contribution is 6.32. The number of ether oxygens (including phenoxy) is 1. The van der Waals surface area contributed by atoms with E-state index in [0.717, 1.165) is 0 Å². The maximum Gasteiger partial charge on any atom is 0.322 e. The molecule has 0 aromatic heterocycles. The van der Waals surface area contributed by atoms with Crippen molar-refractivity contribution in [1.82, 2.24) is 0 Å². The Labute approximate surface area is 98.2 Å². The van der Waals surface area contributed by atoms with Crippen LogP contribution in [0.2, 0.25) is 5.02 Å². The lowest BCUT2D eigenvalue weighted by Crippen LogP contribution is -2.36. The number of anilines is 1. The van der Waals surface area contributed by atoms with Gasteiger partial charge in [0.1, 0.15) is 11.8 Å². The Balaban J connectivity index is 2.62. The molecular formula is C10H13ClN2O3. The molecule has 6 heteroatoms. The lowest BCUT2D eigenvalue weighted by molar-refractivity contribution is -0.138. The van der Waals surface area contributed by atoms with Crippen LogP contribution in [0.5, 0.6) is 5.75 Å². The second kappa shape index (κ2) is 5.58. The normalized spacial score (nSPS) is 11.9. The Morgan fingerprint density at radius 1 is 1.69 bits per heavy atom. The van der Waals surface area contributed by atoms with Gasteiger partial charge in [0.25, 0.3) is 0 Å². The van der Waals surface area contributed by atoms with Gasteiger partial charge in [-0.05, 0) is 18.2 Å². The summed E-state index contributed by atoms with van der Waals surface area (Å²) in [5, 5.41) is 11.9. The second-order valence-corrected chi connectivity index (χ2v) is 3.58. The highest BCUT2D eigenvalue weighted by Gasteiger charge is 2.10. The molecule has 0 bridgehead atoms. The van der Waals surface area contributed by atoms with Gasteiger partial charge in [0.2, 0.25) is 0 Å². The van der Waals surface area contributed by atoms with Gasteiger partial charge in [-0.3, -0.25) is 4.79 Å². The first-order valence-corrected chi connectivity index (χ1v) is 4.98. The van der Waals surface area contributed by atoms with Crippen molar-refractivity contribution in [2.75, 3.05) is 19.0 Å². The molecule has 1 aromatic rings. The molecule has 4 N–H and O–H groups in total. The Hall–Kier alpha value is -1.46. The van der Waals surface area contributed by atoms with Crippen LogP contribution < -0.4 is 15.8 Å². The third-order valence-electron chi connectivity index (χ3n) is 2.00. The number of carboxylic acids is 1. The average molecular weight is 245 g/mol. The number of carboxylic acid groups (broad SMARTS) is 1. The summed E-state index contributed by atoms with van der Waals surface area (Å²) in [5.74, 6) is -0.484. The van der Waals surface area contributed by atoms with Crippen LogP contribution in [0.3, 0.4) is 0 Å². The lowest BCUT2D eigenvalue weighted by Gasteiger charge is -2.11. The standard InChI is InChI=1S/C10H13ClN2O3/c1-16-9-3-2-6(4-7(9)11)13-5-8(12)10(14)15/h2-4,8,13H,5,12H2,1H3,(H,14,15). The largest absolute Gasteiger partial charge is 0.495 e. The minimum absolute atomic E-state index is 0.137. The molecule has 16 heavy (non-hydrogen) atoms. The van der Waals surface area contributed by atoms with E-state index >= 15 is 0 Å². The van der Waals surface area contributed by atoms with Crippen molar-refractivity contribution < 1.29 is 14.6 Å². The van der Waals surface area contributed by atoms with E-state index in [1.807, 2.05) is 0 Å². The van der Waals surface area contributed by atoms with Crippen molar-refractivity contribution in [1.29, 1.82) is 0 Å². The highest BCUT2D eigenvalue weighted by atomic mass is 35.5. The van der Waals surface area contributed by atoms with E-state index in [1.54, 1.807) is 18.2 Å². The zero-order chi connectivity index (χ0) is 12.1. The van der Waals surface area contributed by atoms with Crippen LogP contribution in [0.4, 0.5) is 5.69 Å². The summed E-state index contributed by atoms with van der Waals surface area (Å²) in [6.45, 7) is 0.137. The number of halogens is 1. The van der Waals surface area contributed by atoms with E-state index in [1.165, 1.54) is 7.11 Å². The summed E-state index contributed by atoms with van der Waals surface area (Å²) in [4.78, 5) is 10.5. The summed E-state index contributed by atoms with van der Waals surface area (Å²) in [6.07, 6.45) is 0. The molecular weight excluding hydrogens is 232 g/mol. The maximum absolute atomic E-state index is 10.5. The predicted molar refractivity (Wildman–Crippen MR) is 62.1 cm³/mol. The van der Waals surface area contributed by atoms with E-state index in [0.29, 0.717) is 16.5 Å². The third kappa shape index (κ3) is 3.29. The molecule has 0 amide bonds. The van der Waals surface area contributed by atoms with Gasteiger partial charge in [0, 0.05) is 12.2 Å². The van der Waals surface area contributed by atoms with Gasteiger partial charge in [-0.25, -0.2) is 0 Å². The summed E-state index contributed by atoms with van der Waals surface area (Å²) in [7, 11) is 1.52. The van der Waals surface area contributed by atoms with Crippen LogP contribution in [0.1, 0.15) is 0 Å². The van der Waals surface area contributed by atoms with Gasteiger partial charge in [-0.2, -0.15) is 0 Å². The van der Waals surface area contributed by atoms with Crippen molar-refractivity contribution in [2.45, 2.75) is 6.04 Å². The zero-order valence-electron chi connectivity index (χ0n) is 8.74. The number of methoxy groups -OCH3 is 1. The first-order valence-electron chi connectivity index (χ1n) is 4.60. The Kier molecular flexibility index (Phi) is 4.39. The lowest BCUT2D eigenvalue weighted by atomic mass is 10.2. The number of hydrogen-bond acceptors (Lipinski definition) is 4. The van der Waals surface area contributed by atoms with Crippen LogP contribution >= 0.6 is 11.6 Å². The van der Waals surface area contributed by atoms with Gasteiger partial charge in [-0.15, -0.1) is 0 Å². The zero-order valence-corrected chi connectivity index (χ0v) is 9.49. The van der Waals surface area contributed by atoms with Crippen LogP contribution in [-0.4, -0.2) is 30.8 Å². The first-order chi connectivity index (χ1) is 7.54. The molecule has 0 heterocycles. The summed E-state index contributed by atoms with van der Waals surface area (Å²) in [5.41, 5.74) is 6.04. The number of hydrogen-bond donors (Lipinski definition) is 3. The minimum atomic E-state index is -1.05. The predicted octanol–water partition coefficient (Wildman–Crippen LogP) is 1.17. The highest BCUT2D eigenvalue weighted by Crippen LogP contribution is 2.26. The topological polar surface area (TPSA) is 84.6 Å². The van der Waals surface area contributed by atoms with Crippen LogP contribution in [-0.2, 0) is 4.79 Å². The summed E-state index contributed by atoms with van der Waals surface area (Å²) < 4.78 is 4.99. The van der Waals surface area contributed by atoms with E-state index in [9.17, 15) is 4.79 Å². The molecule has 0 saturated heterocycles. The molecule has 1 unspecified atom stereocenters. The molecule has 0 aliphatic rings. The van der Waals surface area contributed by atoms with Crippen molar-refractivity contribution in [3.63, 3.8) is 0 Å². The van der Waals surface area contributed by atoms with Gasteiger partial charge in [0.15, 0.2) is 0 Å². The molecule has 5 nitrogen and oxygen atoms in total. The van der Waals surface area contributed by atoms with E-state index in [2.05, 4.69) is 5.32 Å². The molecule has 0 fully saturated rings. The van der Waals surface area contributed by atoms with Crippen molar-refractivity contribution in [3.05, 3.63) is 23.2 Å². The van der Waals surface area contributed by atoms with Gasteiger partial charge < -0.3 is 20.9 Å². The summed E-state index contributed by atoms with van der Waals surface area (Å²) >= 11 is 5.89. The SMILES string of the molecule is COc1ccc(NCC(N)C(=O)O)cc1Cl. The van der Waals surface area contributed by atoms with E-state index < -0.39 is 12.0 Å². The molecule has 88 valence electrons. The fourth-order valence-corrected chi connectivity index (χ4v) is 1.35. The molecule has 0 aliphatic carbocycles. The second-order valence-electron chi connectivity index (χ2n) is 3.17. The smallest absolute Gasteiger partial charge is 0.322 e. The molecule has 0 saturated carbocycles. The number of carbonyl (C=O) groups is 1. The van der Waals surface area contributed by atoms with Gasteiger partial charge >= 0.3 is 5.97 Å². The molecule has 0 aliphatic heterocycles. The monoisotopic (exact) mass is 244 g/mol. The third-order valence-corrected chi connectivity index (χ3v) is 2.29. The van der Waals surface area contributed by atoms with Gasteiger partial charge in [0.05, 0.1) is 12.1 Å². The minimum Gasteiger partial charge on any atom is -0.495 e. The Bertz CT molecular complexity index is 384. The first kappa shape index (κ1) is 12.6. The van der Waals surface area contributed by atoms with Crippen LogP contribution in [0.15, 0.2) is 18.2 Å². The molecule has 0 spiro atoms. The van der Waals surface area contributed by atoms with Gasteiger partial charge in [-0.1, -0.05) is 11.6 Å². The number of nitrogens with two attached hydrogens (primary N) is 1.